The Labute approximate surface area is 152 Å². The number of carbonyl (C=O) groups excluding carboxylic acids is 1. The van der Waals surface area contributed by atoms with E-state index in [1.807, 2.05) is 6.92 Å². The van der Waals surface area contributed by atoms with Crippen LogP contribution < -0.4 is 5.73 Å². The summed E-state index contributed by atoms with van der Waals surface area (Å²) in [7, 11) is -2.35. The second-order valence-corrected chi connectivity index (χ2v) is 7.79. The number of ketones is 1. The predicted octanol–water partition coefficient (Wildman–Crippen LogP) is 1.98. The summed E-state index contributed by atoms with van der Waals surface area (Å²) >= 11 is 0. The Bertz CT molecular complexity index is 1010. The number of aliphatic imine (C=N–C) groups is 1. The van der Waals surface area contributed by atoms with Crippen molar-refractivity contribution in [3.63, 3.8) is 0 Å². The molecule has 0 amide bonds. The maximum Gasteiger partial charge on any atom is 0.215 e. The third-order valence-electron chi connectivity index (χ3n) is 4.33. The van der Waals surface area contributed by atoms with E-state index in [-0.39, 0.29) is 32.6 Å². The number of nitrogens with zero attached hydrogens (tertiary/aromatic N) is 1. The Hall–Kier alpha value is -2.51. The van der Waals surface area contributed by atoms with E-state index in [0.29, 0.717) is 18.7 Å². The molecule has 26 heavy (non-hydrogen) atoms. The molecule has 7 heteroatoms. The molecule has 2 aromatic carbocycles. The summed E-state index contributed by atoms with van der Waals surface area (Å²) in [4.78, 5) is 17.1. The summed E-state index contributed by atoms with van der Waals surface area (Å²) < 4.78 is 31.4. The van der Waals surface area contributed by atoms with Gasteiger partial charge in [-0.3, -0.25) is 4.79 Å². The van der Waals surface area contributed by atoms with E-state index < -0.39 is 9.84 Å². The largest absolute Gasteiger partial charge is 0.481 e. The first-order valence-corrected chi connectivity index (χ1v) is 9.78. The van der Waals surface area contributed by atoms with E-state index in [9.17, 15) is 13.2 Å². The van der Waals surface area contributed by atoms with Gasteiger partial charge in [0.25, 0.3) is 0 Å². The number of hydrogen-bond acceptors (Lipinski definition) is 6. The maximum atomic E-state index is 13.1. The number of rotatable bonds is 4. The van der Waals surface area contributed by atoms with E-state index in [0.717, 1.165) is 12.0 Å². The number of aryl methyl sites for hydroxylation is 1. The Morgan fingerprint density at radius 2 is 1.88 bits per heavy atom. The Morgan fingerprint density at radius 1 is 1.12 bits per heavy atom. The van der Waals surface area contributed by atoms with E-state index in [4.69, 9.17) is 10.5 Å². The molecule has 3 rings (SSSR count). The molecule has 1 aliphatic rings. The number of ether oxygens (including phenoxy) is 1. The first kappa shape index (κ1) is 18.3. The lowest BCUT2D eigenvalue weighted by Gasteiger charge is -2.20. The molecule has 0 aromatic heterocycles. The van der Waals surface area contributed by atoms with Crippen molar-refractivity contribution in [2.24, 2.45) is 10.7 Å². The quantitative estimate of drug-likeness (QED) is 0.558. The van der Waals surface area contributed by atoms with E-state index in [1.54, 1.807) is 18.2 Å². The standard InChI is InChI=1S/C19H20N2O4S/c1-3-12-4-7-16-15(10-12)18(22)14-6-5-13(11-17(14)26(16,23)24)19(25-2)21-9-8-20/h4-7,10-11H,3,8-9,20H2,1-2H3. The molecular weight excluding hydrogens is 352 g/mol. The highest BCUT2D eigenvalue weighted by Gasteiger charge is 2.35. The van der Waals surface area contributed by atoms with E-state index in [2.05, 4.69) is 4.99 Å². The number of nitrogens with two attached hydrogens (primary N) is 1. The van der Waals surface area contributed by atoms with Crippen LogP contribution in [0.4, 0.5) is 0 Å². The van der Waals surface area contributed by atoms with Crippen LogP contribution in [0.5, 0.6) is 0 Å². The molecule has 0 spiro atoms. The third-order valence-corrected chi connectivity index (χ3v) is 6.18. The van der Waals surface area contributed by atoms with Gasteiger partial charge in [0.05, 0.1) is 23.4 Å². The van der Waals surface area contributed by atoms with Gasteiger partial charge in [-0.1, -0.05) is 13.0 Å². The monoisotopic (exact) mass is 372 g/mol. The first-order valence-electron chi connectivity index (χ1n) is 8.29. The van der Waals surface area contributed by atoms with Gasteiger partial charge in [-0.25, -0.2) is 13.4 Å². The topological polar surface area (TPSA) is 98.8 Å². The van der Waals surface area contributed by atoms with Crippen molar-refractivity contribution in [1.82, 2.24) is 0 Å². The van der Waals surface area contributed by atoms with Crippen LogP contribution in [0, 0.1) is 0 Å². The van der Waals surface area contributed by atoms with Gasteiger partial charge in [0.15, 0.2) is 5.78 Å². The molecule has 0 aliphatic carbocycles. The second-order valence-electron chi connectivity index (χ2n) is 5.91. The molecule has 0 saturated heterocycles. The van der Waals surface area contributed by atoms with Gasteiger partial charge in [-0.15, -0.1) is 0 Å². The number of hydrogen-bond donors (Lipinski definition) is 1. The van der Waals surface area contributed by atoms with Crippen LogP contribution in [-0.2, 0) is 21.0 Å². The number of benzene rings is 2. The zero-order valence-corrected chi connectivity index (χ0v) is 15.5. The Kier molecular flexibility index (Phi) is 4.93. The average molecular weight is 372 g/mol. The molecule has 2 aromatic rings. The van der Waals surface area contributed by atoms with Gasteiger partial charge >= 0.3 is 0 Å². The number of fused-ring (bicyclic) bond motifs is 2. The van der Waals surface area contributed by atoms with Crippen molar-refractivity contribution >= 4 is 21.5 Å². The van der Waals surface area contributed by atoms with E-state index in [1.165, 1.54) is 25.3 Å². The summed E-state index contributed by atoms with van der Waals surface area (Å²) in [5.41, 5.74) is 7.27. The average Bonchev–Trinajstić information content (AvgIpc) is 2.66. The lowest BCUT2D eigenvalue weighted by Crippen LogP contribution is -2.21. The van der Waals surface area contributed by atoms with Crippen molar-refractivity contribution in [1.29, 1.82) is 0 Å². The fraction of sp³-hybridized carbons (Fsp3) is 0.263. The first-order chi connectivity index (χ1) is 12.4. The van der Waals surface area contributed by atoms with Crippen molar-refractivity contribution in [3.05, 3.63) is 58.7 Å². The molecular formula is C19H20N2O4S. The van der Waals surface area contributed by atoms with Gasteiger partial charge < -0.3 is 10.5 Å². The van der Waals surface area contributed by atoms with Gasteiger partial charge in [0, 0.05) is 23.2 Å². The molecule has 1 aliphatic heterocycles. The molecule has 0 fully saturated rings. The summed E-state index contributed by atoms with van der Waals surface area (Å²) in [6.45, 7) is 2.66. The minimum Gasteiger partial charge on any atom is -0.481 e. The molecule has 0 saturated carbocycles. The second kappa shape index (κ2) is 7.01. The highest BCUT2D eigenvalue weighted by atomic mass is 32.2. The number of sulfone groups is 1. The SMILES string of the molecule is CCc1ccc2c(c1)C(=O)c1ccc(C(=NCCN)OC)cc1S2(=O)=O. The van der Waals surface area contributed by atoms with Gasteiger partial charge in [-0.2, -0.15) is 0 Å². The predicted molar refractivity (Wildman–Crippen MR) is 98.6 cm³/mol. The van der Waals surface area contributed by atoms with Crippen molar-refractivity contribution in [3.8, 4) is 0 Å². The van der Waals surface area contributed by atoms with Crippen LogP contribution in [-0.4, -0.2) is 40.3 Å². The highest BCUT2D eigenvalue weighted by Crippen LogP contribution is 2.35. The summed E-state index contributed by atoms with van der Waals surface area (Å²) in [6, 6.07) is 9.51. The van der Waals surface area contributed by atoms with E-state index >= 15 is 0 Å². The molecule has 1 heterocycles. The fourth-order valence-corrected chi connectivity index (χ4v) is 4.64. The number of carbonyl (C=O) groups is 1. The van der Waals surface area contributed by atoms with Crippen LogP contribution in [0.3, 0.4) is 0 Å². The fourth-order valence-electron chi connectivity index (χ4n) is 2.98. The molecule has 2 N–H and O–H groups in total. The third kappa shape index (κ3) is 2.93. The van der Waals surface area contributed by atoms with Crippen LogP contribution in [0.25, 0.3) is 0 Å². The minimum atomic E-state index is -3.80. The van der Waals surface area contributed by atoms with Crippen molar-refractivity contribution < 1.29 is 17.9 Å². The normalized spacial score (nSPS) is 15.3. The van der Waals surface area contributed by atoms with Crippen LogP contribution in [0.2, 0.25) is 0 Å². The molecule has 0 unspecified atom stereocenters. The summed E-state index contributed by atoms with van der Waals surface area (Å²) in [6.07, 6.45) is 0.723. The number of methoxy groups -OCH3 is 1. The summed E-state index contributed by atoms with van der Waals surface area (Å²) in [5.74, 6) is -0.00225. The van der Waals surface area contributed by atoms with Gasteiger partial charge in [-0.05, 0) is 42.3 Å². The molecule has 6 nitrogen and oxygen atoms in total. The molecule has 136 valence electrons. The van der Waals surface area contributed by atoms with Gasteiger partial charge in [0.2, 0.25) is 15.7 Å². The Morgan fingerprint density at radius 3 is 2.54 bits per heavy atom. The van der Waals surface area contributed by atoms with Crippen LogP contribution in [0.15, 0.2) is 51.2 Å². The van der Waals surface area contributed by atoms with Crippen molar-refractivity contribution in [2.45, 2.75) is 23.1 Å². The smallest absolute Gasteiger partial charge is 0.215 e. The van der Waals surface area contributed by atoms with Crippen molar-refractivity contribution in [2.75, 3.05) is 20.2 Å². The highest BCUT2D eigenvalue weighted by molar-refractivity contribution is 7.91. The van der Waals surface area contributed by atoms with Crippen LogP contribution >= 0.6 is 0 Å². The minimum absolute atomic E-state index is 0.0192. The van der Waals surface area contributed by atoms with Gasteiger partial charge in [0.1, 0.15) is 0 Å². The molecule has 0 bridgehead atoms. The zero-order valence-electron chi connectivity index (χ0n) is 14.7. The zero-order chi connectivity index (χ0) is 18.9. The lowest BCUT2D eigenvalue weighted by molar-refractivity contribution is 0.103. The van der Waals surface area contributed by atoms with Crippen LogP contribution in [0.1, 0.15) is 34.0 Å². The summed E-state index contributed by atoms with van der Waals surface area (Å²) in [5, 5.41) is 0. The molecule has 0 radical (unpaired) electrons. The molecule has 0 atom stereocenters. The lowest BCUT2D eigenvalue weighted by atomic mass is 9.98. The Balaban J connectivity index is 2.19. The maximum absolute atomic E-state index is 13.1.